The molecule has 0 saturated heterocycles. The number of nitrogens with one attached hydrogen (secondary N) is 2. The Hall–Kier alpha value is -1.03. The molecule has 1 heterocycles. The van der Waals surface area contributed by atoms with Gasteiger partial charge in [-0.3, -0.25) is 5.10 Å². The smallest absolute Gasteiger partial charge is 0.151 e. The van der Waals surface area contributed by atoms with Crippen molar-refractivity contribution >= 4 is 5.82 Å². The van der Waals surface area contributed by atoms with E-state index < -0.39 is 0 Å². The molecule has 1 unspecified atom stereocenters. The lowest BCUT2D eigenvalue weighted by atomic mass is 9.89. The molecule has 1 aromatic heterocycles. The molecule has 0 bridgehead atoms. The maximum Gasteiger partial charge on any atom is 0.151 e. The second-order valence-electron chi connectivity index (χ2n) is 4.18. The number of fused-ring (bicyclic) bond motifs is 1. The highest BCUT2D eigenvalue weighted by Crippen LogP contribution is 2.33. The molecule has 1 aliphatic rings. The van der Waals surface area contributed by atoms with Crippen LogP contribution in [0.2, 0.25) is 0 Å². The molecule has 0 fully saturated rings. The molecule has 4 nitrogen and oxygen atoms in total. The van der Waals surface area contributed by atoms with E-state index in [1.54, 1.807) is 7.11 Å². The Kier molecular flexibility index (Phi) is 3.26. The fourth-order valence-electron chi connectivity index (χ4n) is 2.19. The molecule has 4 heteroatoms. The fraction of sp³-hybridized carbons (Fsp3) is 0.727. The summed E-state index contributed by atoms with van der Waals surface area (Å²) in [7, 11) is 1.71. The molecule has 0 amide bonds. The Balaban J connectivity index is 2.06. The molecule has 0 aliphatic heterocycles. The van der Waals surface area contributed by atoms with Crippen LogP contribution in [0.15, 0.2) is 0 Å². The summed E-state index contributed by atoms with van der Waals surface area (Å²) in [5.41, 5.74) is 2.70. The highest BCUT2D eigenvalue weighted by molar-refractivity contribution is 5.48. The number of aromatic nitrogens is 2. The van der Waals surface area contributed by atoms with Crippen molar-refractivity contribution in [2.24, 2.45) is 0 Å². The molecule has 0 aromatic carbocycles. The van der Waals surface area contributed by atoms with Crippen LogP contribution in [0.4, 0.5) is 5.82 Å². The second-order valence-corrected chi connectivity index (χ2v) is 4.18. The number of methoxy groups -OCH3 is 1. The average molecular weight is 209 g/mol. The average Bonchev–Trinajstić information content (AvgIpc) is 2.64. The van der Waals surface area contributed by atoms with Gasteiger partial charge in [0.1, 0.15) is 0 Å². The van der Waals surface area contributed by atoms with E-state index in [9.17, 15) is 0 Å². The summed E-state index contributed by atoms with van der Waals surface area (Å²) < 4.78 is 5.00. The van der Waals surface area contributed by atoms with Gasteiger partial charge >= 0.3 is 0 Å². The van der Waals surface area contributed by atoms with E-state index >= 15 is 0 Å². The number of hydrogen-bond donors (Lipinski definition) is 2. The zero-order valence-electron chi connectivity index (χ0n) is 9.47. The number of nitrogens with zero attached hydrogens (tertiary/aromatic N) is 1. The first-order valence-corrected chi connectivity index (χ1v) is 5.63. The number of aromatic amines is 1. The fourth-order valence-corrected chi connectivity index (χ4v) is 2.19. The summed E-state index contributed by atoms with van der Waals surface area (Å²) in [5, 5.41) is 10.8. The standard InChI is InChI=1S/C11H19N3O/c1-8-4-3-5-9-10(8)13-14-11(9)12-6-7-15-2/h8H,3-7H2,1-2H3,(H2,12,13,14). The summed E-state index contributed by atoms with van der Waals surface area (Å²) in [6.07, 6.45) is 3.69. The molecule has 2 N–H and O–H groups in total. The first kappa shape index (κ1) is 10.5. The van der Waals surface area contributed by atoms with Crippen molar-refractivity contribution in [3.05, 3.63) is 11.3 Å². The maximum absolute atomic E-state index is 5.00. The van der Waals surface area contributed by atoms with E-state index in [1.165, 1.54) is 24.1 Å². The van der Waals surface area contributed by atoms with Crippen LogP contribution in [-0.4, -0.2) is 30.5 Å². The Labute approximate surface area is 90.4 Å². The Bertz CT molecular complexity index is 322. The van der Waals surface area contributed by atoms with Crippen LogP contribution in [0.5, 0.6) is 0 Å². The first-order chi connectivity index (χ1) is 7.33. The highest BCUT2D eigenvalue weighted by atomic mass is 16.5. The Morgan fingerprint density at radius 2 is 2.47 bits per heavy atom. The van der Waals surface area contributed by atoms with Gasteiger partial charge in [-0.2, -0.15) is 5.10 Å². The monoisotopic (exact) mass is 209 g/mol. The molecule has 1 aliphatic carbocycles. The minimum Gasteiger partial charge on any atom is -0.383 e. The number of ether oxygens (including phenoxy) is 1. The molecule has 15 heavy (non-hydrogen) atoms. The van der Waals surface area contributed by atoms with Crippen molar-refractivity contribution in [3.63, 3.8) is 0 Å². The van der Waals surface area contributed by atoms with Gasteiger partial charge in [0.25, 0.3) is 0 Å². The lowest BCUT2D eigenvalue weighted by molar-refractivity contribution is 0.210. The largest absolute Gasteiger partial charge is 0.383 e. The van der Waals surface area contributed by atoms with Gasteiger partial charge < -0.3 is 10.1 Å². The third kappa shape index (κ3) is 2.15. The molecule has 84 valence electrons. The quantitative estimate of drug-likeness (QED) is 0.745. The van der Waals surface area contributed by atoms with Gasteiger partial charge in [0.05, 0.1) is 6.61 Å². The molecule has 1 atom stereocenters. The zero-order valence-corrected chi connectivity index (χ0v) is 9.47. The van der Waals surface area contributed by atoms with E-state index in [0.717, 1.165) is 25.4 Å². The molecule has 2 rings (SSSR count). The molecule has 0 radical (unpaired) electrons. The van der Waals surface area contributed by atoms with Crippen molar-refractivity contribution < 1.29 is 4.74 Å². The lowest BCUT2D eigenvalue weighted by Gasteiger charge is -2.18. The Morgan fingerprint density at radius 3 is 3.27 bits per heavy atom. The highest BCUT2D eigenvalue weighted by Gasteiger charge is 2.21. The number of hydrogen-bond acceptors (Lipinski definition) is 3. The summed E-state index contributed by atoms with van der Waals surface area (Å²) in [4.78, 5) is 0. The van der Waals surface area contributed by atoms with Crippen molar-refractivity contribution in [3.8, 4) is 0 Å². The molecule has 1 aromatic rings. The van der Waals surface area contributed by atoms with Crippen LogP contribution in [0.25, 0.3) is 0 Å². The van der Waals surface area contributed by atoms with Crippen molar-refractivity contribution in [2.75, 3.05) is 25.6 Å². The van der Waals surface area contributed by atoms with Crippen LogP contribution >= 0.6 is 0 Å². The van der Waals surface area contributed by atoms with Crippen LogP contribution in [0, 0.1) is 0 Å². The van der Waals surface area contributed by atoms with E-state index in [1.807, 2.05) is 0 Å². The van der Waals surface area contributed by atoms with Crippen molar-refractivity contribution in [1.82, 2.24) is 10.2 Å². The third-order valence-corrected chi connectivity index (χ3v) is 3.05. The van der Waals surface area contributed by atoms with Gasteiger partial charge in [-0.15, -0.1) is 0 Å². The van der Waals surface area contributed by atoms with Crippen LogP contribution < -0.4 is 5.32 Å². The van der Waals surface area contributed by atoms with Gasteiger partial charge in [-0.05, 0) is 25.2 Å². The predicted octanol–water partition coefficient (Wildman–Crippen LogP) is 1.91. The summed E-state index contributed by atoms with van der Waals surface area (Å²) >= 11 is 0. The van der Waals surface area contributed by atoms with Crippen molar-refractivity contribution in [1.29, 1.82) is 0 Å². The molecule has 0 spiro atoms. The number of H-pyrrole nitrogens is 1. The topological polar surface area (TPSA) is 49.9 Å². The van der Waals surface area contributed by atoms with Gasteiger partial charge in [-0.25, -0.2) is 0 Å². The van der Waals surface area contributed by atoms with Crippen molar-refractivity contribution in [2.45, 2.75) is 32.1 Å². The molecular formula is C11H19N3O. The minimum absolute atomic E-state index is 0.624. The van der Waals surface area contributed by atoms with Crippen LogP contribution in [0.1, 0.15) is 36.9 Å². The van der Waals surface area contributed by atoms with E-state index in [2.05, 4.69) is 22.4 Å². The summed E-state index contributed by atoms with van der Waals surface area (Å²) in [5.74, 6) is 1.65. The van der Waals surface area contributed by atoms with E-state index in [4.69, 9.17) is 4.74 Å². The zero-order chi connectivity index (χ0) is 10.7. The number of anilines is 1. The summed E-state index contributed by atoms with van der Waals surface area (Å²) in [6.45, 7) is 3.80. The first-order valence-electron chi connectivity index (χ1n) is 5.63. The molecular weight excluding hydrogens is 190 g/mol. The third-order valence-electron chi connectivity index (χ3n) is 3.05. The molecule has 0 saturated carbocycles. The van der Waals surface area contributed by atoms with E-state index in [0.29, 0.717) is 5.92 Å². The predicted molar refractivity (Wildman–Crippen MR) is 60.3 cm³/mol. The number of rotatable bonds is 4. The van der Waals surface area contributed by atoms with Crippen LogP contribution in [0.3, 0.4) is 0 Å². The Morgan fingerprint density at radius 1 is 1.60 bits per heavy atom. The second kappa shape index (κ2) is 4.66. The van der Waals surface area contributed by atoms with E-state index in [-0.39, 0.29) is 0 Å². The van der Waals surface area contributed by atoms with Crippen LogP contribution in [-0.2, 0) is 11.2 Å². The minimum atomic E-state index is 0.624. The lowest BCUT2D eigenvalue weighted by Crippen LogP contribution is -2.11. The SMILES string of the molecule is COCCNc1n[nH]c2c1CCCC2C. The van der Waals surface area contributed by atoms with Gasteiger partial charge in [-0.1, -0.05) is 6.92 Å². The summed E-state index contributed by atoms with van der Waals surface area (Å²) in [6, 6.07) is 0. The normalized spacial score (nSPS) is 20.0. The van der Waals surface area contributed by atoms with Gasteiger partial charge in [0.15, 0.2) is 5.82 Å². The maximum atomic E-state index is 5.00. The van der Waals surface area contributed by atoms with Gasteiger partial charge in [0.2, 0.25) is 0 Å². The van der Waals surface area contributed by atoms with Gasteiger partial charge in [0, 0.05) is 24.9 Å².